The minimum Gasteiger partial charge on any atom is -0.437 e. The maximum absolute atomic E-state index is 12.3. The second kappa shape index (κ2) is 7.57. The van der Waals surface area contributed by atoms with Gasteiger partial charge in [0.05, 0.1) is 22.2 Å². The van der Waals surface area contributed by atoms with Crippen LogP contribution in [0, 0.1) is 0 Å². The summed E-state index contributed by atoms with van der Waals surface area (Å²) in [5, 5.41) is 5.41. The van der Waals surface area contributed by atoms with E-state index in [1.165, 1.54) is 17.7 Å². The van der Waals surface area contributed by atoms with Crippen molar-refractivity contribution in [3.8, 4) is 11.6 Å². The van der Waals surface area contributed by atoms with Gasteiger partial charge in [-0.3, -0.25) is 4.79 Å². The molecule has 0 aliphatic rings. The summed E-state index contributed by atoms with van der Waals surface area (Å²) in [7, 11) is 0. The van der Waals surface area contributed by atoms with Crippen molar-refractivity contribution in [2.45, 2.75) is 6.42 Å². The fraction of sp³-hybridized carbons (Fsp3) is 0.0476. The fourth-order valence-corrected chi connectivity index (χ4v) is 4.60. The monoisotopic (exact) mass is 418 g/mol. The van der Waals surface area contributed by atoms with E-state index in [0.717, 1.165) is 26.0 Å². The number of anilines is 1. The normalized spacial score (nSPS) is 11.0. The number of fused-ring (bicyclic) bond motifs is 2. The predicted octanol–water partition coefficient (Wildman–Crippen LogP) is 5.27. The Morgan fingerprint density at radius 2 is 1.93 bits per heavy atom. The summed E-state index contributed by atoms with van der Waals surface area (Å²) < 4.78 is 7.81. The molecule has 5 rings (SSSR count). The van der Waals surface area contributed by atoms with Crippen molar-refractivity contribution >= 4 is 54.1 Å². The lowest BCUT2D eigenvalue weighted by Crippen LogP contribution is -2.13. The maximum atomic E-state index is 12.3. The van der Waals surface area contributed by atoms with Crippen molar-refractivity contribution in [1.82, 2.24) is 15.0 Å². The molecule has 3 aromatic heterocycles. The average Bonchev–Trinajstić information content (AvgIpc) is 3.35. The van der Waals surface area contributed by atoms with Crippen LogP contribution in [0.4, 0.5) is 5.13 Å². The highest BCUT2D eigenvalue weighted by Crippen LogP contribution is 2.34. The Hall–Kier alpha value is -3.36. The van der Waals surface area contributed by atoms with Gasteiger partial charge in [0.25, 0.3) is 0 Å². The number of benzene rings is 2. The molecular formula is C21H14N4O2S2. The van der Waals surface area contributed by atoms with Gasteiger partial charge in [0, 0.05) is 6.07 Å². The first-order chi connectivity index (χ1) is 14.2. The number of hydrogen-bond acceptors (Lipinski definition) is 7. The molecule has 29 heavy (non-hydrogen) atoms. The molecule has 142 valence electrons. The van der Waals surface area contributed by atoms with Crippen LogP contribution in [-0.4, -0.2) is 20.9 Å². The molecule has 0 atom stereocenters. The Kier molecular flexibility index (Phi) is 4.63. The SMILES string of the molecule is O=C(Cc1ccccc1)Nc1nc2ccc(Oc3ncnc4ccsc34)cc2s1. The van der Waals surface area contributed by atoms with E-state index in [1.807, 2.05) is 60.0 Å². The first kappa shape index (κ1) is 17.7. The molecule has 1 N–H and O–H groups in total. The summed E-state index contributed by atoms with van der Waals surface area (Å²) in [4.78, 5) is 25.2. The lowest BCUT2D eigenvalue weighted by atomic mass is 10.1. The molecule has 6 nitrogen and oxygen atoms in total. The van der Waals surface area contributed by atoms with E-state index in [-0.39, 0.29) is 5.91 Å². The smallest absolute Gasteiger partial charge is 0.240 e. The van der Waals surface area contributed by atoms with E-state index >= 15 is 0 Å². The van der Waals surface area contributed by atoms with Crippen molar-refractivity contribution in [2.75, 3.05) is 5.32 Å². The van der Waals surface area contributed by atoms with Crippen molar-refractivity contribution in [3.05, 3.63) is 71.9 Å². The lowest BCUT2D eigenvalue weighted by molar-refractivity contribution is -0.115. The maximum Gasteiger partial charge on any atom is 0.240 e. The van der Waals surface area contributed by atoms with E-state index in [4.69, 9.17) is 4.74 Å². The largest absolute Gasteiger partial charge is 0.437 e. The number of nitrogens with zero attached hydrogens (tertiary/aromatic N) is 3. The molecule has 8 heteroatoms. The number of carbonyl (C=O) groups is 1. The molecule has 2 aromatic carbocycles. The highest BCUT2D eigenvalue weighted by Gasteiger charge is 2.11. The van der Waals surface area contributed by atoms with Gasteiger partial charge in [-0.15, -0.1) is 11.3 Å². The van der Waals surface area contributed by atoms with E-state index in [1.54, 1.807) is 11.3 Å². The van der Waals surface area contributed by atoms with Crippen LogP contribution in [0.5, 0.6) is 11.6 Å². The van der Waals surface area contributed by atoms with Gasteiger partial charge in [0.15, 0.2) is 5.13 Å². The second-order valence-electron chi connectivity index (χ2n) is 6.27. The molecule has 0 spiro atoms. The van der Waals surface area contributed by atoms with Crippen molar-refractivity contribution in [2.24, 2.45) is 0 Å². The van der Waals surface area contributed by atoms with Crippen LogP contribution in [0.1, 0.15) is 5.56 Å². The third kappa shape index (κ3) is 3.80. The molecule has 0 saturated heterocycles. The minimum absolute atomic E-state index is 0.0900. The van der Waals surface area contributed by atoms with Gasteiger partial charge >= 0.3 is 0 Å². The average molecular weight is 419 g/mol. The molecule has 0 aliphatic carbocycles. The topological polar surface area (TPSA) is 77.0 Å². The molecule has 0 unspecified atom stereocenters. The molecule has 0 bridgehead atoms. The first-order valence-corrected chi connectivity index (χ1v) is 10.5. The number of thiazole rings is 1. The summed E-state index contributed by atoms with van der Waals surface area (Å²) in [5.74, 6) is 1.11. The van der Waals surface area contributed by atoms with Gasteiger partial charge in [-0.05, 0) is 29.1 Å². The van der Waals surface area contributed by atoms with Crippen molar-refractivity contribution < 1.29 is 9.53 Å². The molecule has 1 amide bonds. The van der Waals surface area contributed by atoms with Crippen LogP contribution in [0.2, 0.25) is 0 Å². The Balaban J connectivity index is 1.35. The number of carbonyl (C=O) groups excluding carboxylic acids is 1. The number of aromatic nitrogens is 3. The van der Waals surface area contributed by atoms with Gasteiger partial charge in [-0.1, -0.05) is 41.7 Å². The first-order valence-electron chi connectivity index (χ1n) is 8.85. The van der Waals surface area contributed by atoms with Gasteiger partial charge in [0.2, 0.25) is 11.8 Å². The quantitative estimate of drug-likeness (QED) is 0.420. The van der Waals surface area contributed by atoms with Gasteiger partial charge in [-0.25, -0.2) is 15.0 Å². The van der Waals surface area contributed by atoms with E-state index in [9.17, 15) is 4.79 Å². The van der Waals surface area contributed by atoms with Crippen LogP contribution in [-0.2, 0) is 11.2 Å². The summed E-state index contributed by atoms with van der Waals surface area (Å²) in [6, 6.07) is 17.2. The van der Waals surface area contributed by atoms with Crippen LogP contribution in [0.15, 0.2) is 66.3 Å². The summed E-state index contributed by atoms with van der Waals surface area (Å²) in [6.45, 7) is 0. The van der Waals surface area contributed by atoms with Crippen molar-refractivity contribution in [3.63, 3.8) is 0 Å². The number of amides is 1. The third-order valence-electron chi connectivity index (χ3n) is 4.24. The standard InChI is InChI=1S/C21H14N4O2S2/c26-18(10-13-4-2-1-3-5-13)25-21-24-15-7-6-14(11-17(15)29-21)27-20-19-16(8-9-28-19)22-12-23-20/h1-9,11-12H,10H2,(H,24,25,26). The van der Waals surface area contributed by atoms with E-state index < -0.39 is 0 Å². The van der Waals surface area contributed by atoms with E-state index in [2.05, 4.69) is 20.3 Å². The number of rotatable bonds is 5. The van der Waals surface area contributed by atoms with Crippen LogP contribution in [0.3, 0.4) is 0 Å². The fourth-order valence-electron chi connectivity index (χ4n) is 2.92. The summed E-state index contributed by atoms with van der Waals surface area (Å²) in [6.07, 6.45) is 1.81. The van der Waals surface area contributed by atoms with Crippen LogP contribution >= 0.6 is 22.7 Å². The van der Waals surface area contributed by atoms with Crippen molar-refractivity contribution in [1.29, 1.82) is 0 Å². The second-order valence-corrected chi connectivity index (χ2v) is 8.22. The number of ether oxygens (including phenoxy) is 1. The zero-order chi connectivity index (χ0) is 19.6. The zero-order valence-electron chi connectivity index (χ0n) is 15.0. The number of nitrogens with one attached hydrogen (secondary N) is 1. The Bertz CT molecular complexity index is 1310. The molecule has 0 saturated carbocycles. The van der Waals surface area contributed by atoms with E-state index in [0.29, 0.717) is 23.2 Å². The molecule has 3 heterocycles. The Morgan fingerprint density at radius 1 is 1.03 bits per heavy atom. The highest BCUT2D eigenvalue weighted by molar-refractivity contribution is 7.22. The van der Waals surface area contributed by atoms with Crippen LogP contribution in [0.25, 0.3) is 20.4 Å². The summed E-state index contributed by atoms with van der Waals surface area (Å²) >= 11 is 2.95. The van der Waals surface area contributed by atoms with Gasteiger partial charge < -0.3 is 10.1 Å². The van der Waals surface area contributed by atoms with Gasteiger partial charge in [0.1, 0.15) is 16.8 Å². The minimum atomic E-state index is -0.0900. The molecular weight excluding hydrogens is 404 g/mol. The Morgan fingerprint density at radius 3 is 2.83 bits per heavy atom. The molecule has 5 aromatic rings. The summed E-state index contributed by atoms with van der Waals surface area (Å²) in [5.41, 5.74) is 2.63. The molecule has 0 aliphatic heterocycles. The lowest BCUT2D eigenvalue weighted by Gasteiger charge is -2.04. The number of thiophene rings is 1. The number of hydrogen-bond donors (Lipinski definition) is 1. The predicted molar refractivity (Wildman–Crippen MR) is 116 cm³/mol. The molecule has 0 fully saturated rings. The van der Waals surface area contributed by atoms with Gasteiger partial charge in [-0.2, -0.15) is 0 Å². The highest BCUT2D eigenvalue weighted by atomic mass is 32.1. The molecule has 0 radical (unpaired) electrons. The van der Waals surface area contributed by atoms with Crippen LogP contribution < -0.4 is 10.1 Å². The third-order valence-corrected chi connectivity index (χ3v) is 6.06. The zero-order valence-corrected chi connectivity index (χ0v) is 16.7. The Labute approximate surface area is 173 Å².